The van der Waals surface area contributed by atoms with Gasteiger partial charge in [-0.2, -0.15) is 0 Å². The van der Waals surface area contributed by atoms with Gasteiger partial charge < -0.3 is 10.2 Å². The summed E-state index contributed by atoms with van der Waals surface area (Å²) in [5.74, 6) is 0. The molecule has 0 saturated heterocycles. The maximum Gasteiger partial charge on any atom is 0.210 e. The Balaban J connectivity index is 0.000000380. The molecule has 0 aliphatic heterocycles. The molecule has 0 spiro atoms. The molecule has 0 unspecified atom stereocenters. The van der Waals surface area contributed by atoms with Gasteiger partial charge in [-0.1, -0.05) is 38.2 Å². The van der Waals surface area contributed by atoms with Gasteiger partial charge in [0.15, 0.2) is 0 Å². The van der Waals surface area contributed by atoms with Gasteiger partial charge >= 0.3 is 0 Å². The first-order valence-electron chi connectivity index (χ1n) is 15.2. The third-order valence-electron chi connectivity index (χ3n) is 0.954. The van der Waals surface area contributed by atoms with Gasteiger partial charge in [0, 0.05) is 27.4 Å². The second-order valence-corrected chi connectivity index (χ2v) is 1.91. The van der Waals surface area contributed by atoms with E-state index in [0.717, 1.165) is 0 Å². The number of hydrogen-bond acceptors (Lipinski definition) is 2. The smallest absolute Gasteiger partial charge is 0.210 e. The van der Waals surface area contributed by atoms with Crippen LogP contribution in [0.1, 0.15) is 93.9 Å². The molecule has 0 aromatic heterocycles. The third-order valence-corrected chi connectivity index (χ3v) is 0.954. The Morgan fingerprint density at radius 1 is 0.786 bits per heavy atom. The van der Waals surface area contributed by atoms with Crippen molar-refractivity contribution in [3.05, 3.63) is 0 Å². The largest absolute Gasteiger partial charge is 0.393 e. The summed E-state index contributed by atoms with van der Waals surface area (Å²) in [5.41, 5.74) is 0. The maximum absolute atomic E-state index is 7.56. The van der Waals surface area contributed by atoms with Gasteiger partial charge in [0.05, 0.1) is 14.9 Å². The molecule has 2 aliphatic rings. The van der Waals surface area contributed by atoms with Crippen molar-refractivity contribution in [3.8, 4) is 0 Å². The van der Waals surface area contributed by atoms with Crippen molar-refractivity contribution in [2.75, 3.05) is 0 Å². The van der Waals surface area contributed by atoms with E-state index in [9.17, 15) is 0 Å². The van der Waals surface area contributed by atoms with Crippen LogP contribution in [0.4, 0.5) is 0 Å². The van der Waals surface area contributed by atoms with Gasteiger partial charge in [-0.05, 0) is 25.5 Å². The lowest BCUT2D eigenvalue weighted by atomic mass is 9.98. The van der Waals surface area contributed by atoms with Crippen molar-refractivity contribution >= 4 is 0 Å². The van der Waals surface area contributed by atoms with E-state index >= 15 is 0 Å². The van der Waals surface area contributed by atoms with E-state index in [-0.39, 0.29) is 0 Å². The van der Waals surface area contributed by atoms with E-state index in [4.69, 9.17) is 33.0 Å². The summed E-state index contributed by atoms with van der Waals surface area (Å²) in [5, 5.41) is 7.39. The van der Waals surface area contributed by atoms with Crippen LogP contribution in [-0.4, -0.2) is 25.2 Å². The normalized spacial score (nSPS) is 90.9. The number of hydrogen-bond donors (Lipinski definition) is 2. The lowest BCUT2D eigenvalue weighted by molar-refractivity contribution is 0.130. The Bertz CT molecular complexity index is 785. The molecule has 0 atom stereocenters. The van der Waals surface area contributed by atoms with Gasteiger partial charge in [0.1, 0.15) is 0 Å². The Kier molecular flexibility index (Phi) is 0.836. The fraction of sp³-hybridized carbons (Fsp3) is 1.00. The minimum atomic E-state index is -3.60. The zero-order valence-corrected chi connectivity index (χ0v) is 6.82. The van der Waals surface area contributed by atoms with E-state index in [2.05, 4.69) is 10.2 Å². The topological polar surface area (TPSA) is 40.5 Å². The van der Waals surface area contributed by atoms with E-state index in [1.165, 1.54) is 0 Å². The molecule has 0 aromatic carbocycles. The molecular weight excluding hydrogens is 176 g/mol. The fourth-order valence-electron chi connectivity index (χ4n) is 0.477. The summed E-state index contributed by atoms with van der Waals surface area (Å²) < 4.78 is 178. The molecule has 0 amide bonds. The molecular formula is C12H24O2. The number of rotatable bonds is 2. The fourth-order valence-corrected chi connectivity index (χ4v) is 0.477. The zero-order chi connectivity index (χ0) is 31.4. The molecule has 0 aromatic rings. The highest BCUT2D eigenvalue weighted by Gasteiger charge is 2.08. The quantitative estimate of drug-likeness (QED) is 0.757. The zero-order valence-electron chi connectivity index (χ0n) is 30.8. The van der Waals surface area contributed by atoms with Crippen molar-refractivity contribution in [2.24, 2.45) is 0 Å². The molecule has 2 aliphatic carbocycles. The standard InChI is InChI=1S/2C6H12O/c2*7-6-4-2-1-3-5-6/h2*6-7H,1-5H2/i2*1D2,2D2,3D2,4D2,5D2,6D,7D. The van der Waals surface area contributed by atoms with Crippen molar-refractivity contribution in [1.29, 1.82) is 2.86 Å². The molecule has 0 heterocycles. The molecule has 2 heteroatoms. The van der Waals surface area contributed by atoms with Gasteiger partial charge in [0.2, 0.25) is 2.86 Å². The molecule has 0 radical (unpaired) electrons. The molecule has 0 bridgehead atoms. The Morgan fingerprint density at radius 3 is 1.43 bits per heavy atom. The lowest BCUT2D eigenvalue weighted by Gasteiger charge is -2.14. The van der Waals surface area contributed by atoms with Crippen LogP contribution >= 0.6 is 0 Å². The van der Waals surface area contributed by atoms with Gasteiger partial charge in [-0.3, -0.25) is 0 Å². The van der Waals surface area contributed by atoms with Crippen LogP contribution in [0.5, 0.6) is 0 Å². The van der Waals surface area contributed by atoms with E-state index in [0.29, 0.717) is 0 Å². The van der Waals surface area contributed by atoms with Crippen LogP contribution in [0.15, 0.2) is 0 Å². The van der Waals surface area contributed by atoms with Crippen LogP contribution in [0, 0.1) is 0 Å². The van der Waals surface area contributed by atoms with Crippen molar-refractivity contribution in [1.82, 2.24) is 0 Å². The molecule has 2 saturated carbocycles. The highest BCUT2D eigenvalue weighted by atomic mass is 16.3. The average molecular weight is 224 g/mol. The summed E-state index contributed by atoms with van der Waals surface area (Å²) in [6.45, 7) is 0. The predicted octanol–water partition coefficient (Wildman–Crippen LogP) is 2.62. The monoisotopic (exact) mass is 224 g/mol. The van der Waals surface area contributed by atoms with E-state index in [1.807, 2.05) is 0 Å². The van der Waals surface area contributed by atoms with Crippen molar-refractivity contribution < 1.29 is 40.4 Å². The predicted molar refractivity (Wildman–Crippen MR) is 58.2 cm³/mol. The van der Waals surface area contributed by atoms with E-state index in [1.54, 1.807) is 0 Å². The average Bonchev–Trinajstić information content (AvgIpc) is 2.75. The van der Waals surface area contributed by atoms with Gasteiger partial charge in [0.25, 0.3) is 0 Å². The van der Waals surface area contributed by atoms with Crippen LogP contribution in [0.25, 0.3) is 0 Å². The van der Waals surface area contributed by atoms with Crippen LogP contribution in [0.2, 0.25) is 0 Å². The molecule has 2 nitrogen and oxygen atoms in total. The first-order valence-corrected chi connectivity index (χ1v) is 3.41. The van der Waals surface area contributed by atoms with E-state index < -0.39 is 75.9 Å². The minimum absolute atomic E-state index is 3.57. The molecule has 2 N–H and O–H groups in total. The summed E-state index contributed by atoms with van der Waals surface area (Å²) >= 11 is 0. The first-order chi connectivity index (χ1) is 16.1. The summed E-state index contributed by atoms with van der Waals surface area (Å²) in [6.07, 6.45) is -43.0. The SMILES string of the molecule is [2H]OC1([2H])C([2H])([2H])C([2H])([2H])C([2H])([2H])C([2H])([2H])C1([2H])[2H].[2H]OC1([2H])C([2H])([2H])C([2H])([2H])C([2H])([2H])C([2H])([2H])C1([2H])[2H]. The van der Waals surface area contributed by atoms with Gasteiger partial charge in [-0.15, -0.1) is 0 Å². The summed E-state index contributed by atoms with van der Waals surface area (Å²) in [7, 11) is 0. The van der Waals surface area contributed by atoms with Crippen LogP contribution < -0.4 is 0 Å². The Hall–Kier alpha value is -0.0800. The van der Waals surface area contributed by atoms with Crippen LogP contribution in [0.3, 0.4) is 0 Å². The summed E-state index contributed by atoms with van der Waals surface area (Å²) in [6, 6.07) is 0. The van der Waals surface area contributed by atoms with Crippen molar-refractivity contribution in [3.63, 3.8) is 0 Å². The molecule has 14 heavy (non-hydrogen) atoms. The highest BCUT2D eigenvalue weighted by molar-refractivity contribution is 4.62. The second-order valence-electron chi connectivity index (χ2n) is 1.91. The first kappa shape index (κ1) is 1.62. The Labute approximate surface area is 121 Å². The number of aliphatic hydroxyl groups is 2. The van der Waals surface area contributed by atoms with Crippen LogP contribution in [-0.2, 0) is 0 Å². The molecule has 2 fully saturated rings. The second kappa shape index (κ2) is 7.24. The highest BCUT2D eigenvalue weighted by Crippen LogP contribution is 2.16. The third kappa shape index (κ3) is 5.61. The Morgan fingerprint density at radius 2 is 1.14 bits per heavy atom. The van der Waals surface area contributed by atoms with Crippen molar-refractivity contribution in [2.45, 2.75) is 75.9 Å². The van der Waals surface area contributed by atoms with Gasteiger partial charge in [-0.25, -0.2) is 0 Å². The maximum atomic E-state index is 7.56. The molecule has 2 rings (SSSR count). The lowest BCUT2D eigenvalue weighted by Crippen LogP contribution is -2.09. The summed E-state index contributed by atoms with van der Waals surface area (Å²) in [4.78, 5) is 0. The molecule has 84 valence electrons. The minimum Gasteiger partial charge on any atom is -0.393 e.